The predicted molar refractivity (Wildman–Crippen MR) is 80.9 cm³/mol. The number of hydrogen-bond acceptors (Lipinski definition) is 2. The highest BCUT2D eigenvalue weighted by atomic mass is 16.4. The molecule has 0 saturated heterocycles. The fourth-order valence-corrected chi connectivity index (χ4v) is 2.33. The monoisotopic (exact) mass is 288 g/mol. The minimum absolute atomic E-state index is 0.0788. The van der Waals surface area contributed by atoms with E-state index in [0.717, 1.165) is 17.6 Å². The van der Waals surface area contributed by atoms with E-state index in [9.17, 15) is 9.59 Å². The number of benzene rings is 1. The van der Waals surface area contributed by atoms with Crippen molar-refractivity contribution >= 4 is 17.6 Å². The molecule has 5 heteroatoms. The third-order valence-corrected chi connectivity index (χ3v) is 3.43. The summed E-state index contributed by atoms with van der Waals surface area (Å²) in [6.45, 7) is 1.68. The number of amides is 2. The minimum atomic E-state index is -0.837. The number of rotatable bonds is 5. The smallest absolute Gasteiger partial charge is 0.317 e. The maximum absolute atomic E-state index is 12.1. The van der Waals surface area contributed by atoms with Crippen LogP contribution in [-0.2, 0) is 4.79 Å². The summed E-state index contributed by atoms with van der Waals surface area (Å²) in [4.78, 5) is 24.2. The van der Waals surface area contributed by atoms with Crippen LogP contribution in [0.2, 0.25) is 0 Å². The first kappa shape index (κ1) is 15.1. The average molecular weight is 288 g/mol. The van der Waals surface area contributed by atoms with Crippen LogP contribution in [0, 0.1) is 0 Å². The summed E-state index contributed by atoms with van der Waals surface area (Å²) >= 11 is 0. The second kappa shape index (κ2) is 7.47. The Kier molecular flexibility index (Phi) is 5.37. The Balaban J connectivity index is 1.84. The summed E-state index contributed by atoms with van der Waals surface area (Å²) in [5, 5.41) is 11.3. The molecule has 5 nitrogen and oxygen atoms in total. The predicted octanol–water partition coefficient (Wildman–Crippen LogP) is 2.35. The van der Waals surface area contributed by atoms with Gasteiger partial charge in [-0.25, -0.2) is 4.79 Å². The molecule has 112 valence electrons. The molecule has 2 N–H and O–H groups in total. The highest BCUT2D eigenvalue weighted by Gasteiger charge is 2.18. The lowest BCUT2D eigenvalue weighted by atomic mass is 10.0. The van der Waals surface area contributed by atoms with Crippen LogP contribution < -0.4 is 5.32 Å². The van der Waals surface area contributed by atoms with E-state index in [2.05, 4.69) is 11.4 Å². The first-order chi connectivity index (χ1) is 10.2. The van der Waals surface area contributed by atoms with Crippen molar-refractivity contribution in [2.75, 3.05) is 19.6 Å². The van der Waals surface area contributed by atoms with Gasteiger partial charge in [-0.15, -0.1) is 0 Å². The SMILES string of the molecule is O=C(O)CCCNC(=O)N1CCC=C(c2ccccc2)C1. The van der Waals surface area contributed by atoms with Crippen LogP contribution in [0.15, 0.2) is 36.4 Å². The molecule has 0 fully saturated rings. The van der Waals surface area contributed by atoms with Gasteiger partial charge in [-0.05, 0) is 24.0 Å². The fraction of sp³-hybridized carbons (Fsp3) is 0.375. The highest BCUT2D eigenvalue weighted by Crippen LogP contribution is 2.20. The van der Waals surface area contributed by atoms with Gasteiger partial charge in [-0.2, -0.15) is 0 Å². The van der Waals surface area contributed by atoms with Crippen LogP contribution in [0.1, 0.15) is 24.8 Å². The summed E-state index contributed by atoms with van der Waals surface area (Å²) in [5.41, 5.74) is 2.29. The van der Waals surface area contributed by atoms with Crippen molar-refractivity contribution in [3.05, 3.63) is 42.0 Å². The number of urea groups is 1. The average Bonchev–Trinajstić information content (AvgIpc) is 2.52. The van der Waals surface area contributed by atoms with Gasteiger partial charge >= 0.3 is 12.0 Å². The standard InChI is InChI=1S/C16H20N2O3/c19-15(20)9-4-10-17-16(21)18-11-5-8-14(12-18)13-6-2-1-3-7-13/h1-3,6-8H,4-5,9-12H2,(H,17,21)(H,19,20). The quantitative estimate of drug-likeness (QED) is 0.817. The van der Waals surface area contributed by atoms with E-state index in [4.69, 9.17) is 5.11 Å². The molecule has 1 aliphatic rings. The second-order valence-corrected chi connectivity index (χ2v) is 5.03. The van der Waals surface area contributed by atoms with Crippen molar-refractivity contribution in [2.24, 2.45) is 0 Å². The van der Waals surface area contributed by atoms with Crippen LogP contribution in [0.25, 0.3) is 5.57 Å². The molecule has 1 aliphatic heterocycles. The van der Waals surface area contributed by atoms with E-state index < -0.39 is 5.97 Å². The summed E-state index contributed by atoms with van der Waals surface area (Å²) in [7, 11) is 0. The van der Waals surface area contributed by atoms with Crippen molar-refractivity contribution in [2.45, 2.75) is 19.3 Å². The Hall–Kier alpha value is -2.30. The lowest BCUT2D eigenvalue weighted by molar-refractivity contribution is -0.137. The van der Waals surface area contributed by atoms with Gasteiger partial charge in [-0.3, -0.25) is 4.79 Å². The third kappa shape index (κ3) is 4.63. The van der Waals surface area contributed by atoms with Crippen LogP contribution in [0.3, 0.4) is 0 Å². The lowest BCUT2D eigenvalue weighted by Gasteiger charge is -2.27. The van der Waals surface area contributed by atoms with Crippen LogP contribution in [0.4, 0.5) is 4.79 Å². The van der Waals surface area contributed by atoms with Crippen molar-refractivity contribution < 1.29 is 14.7 Å². The summed E-state index contributed by atoms with van der Waals surface area (Å²) in [6, 6.07) is 9.91. The highest BCUT2D eigenvalue weighted by molar-refractivity contribution is 5.78. The van der Waals surface area contributed by atoms with E-state index in [1.807, 2.05) is 30.3 Å². The number of carbonyl (C=O) groups excluding carboxylic acids is 1. The number of hydrogen-bond donors (Lipinski definition) is 2. The molecule has 2 amide bonds. The zero-order chi connectivity index (χ0) is 15.1. The van der Waals surface area contributed by atoms with E-state index in [0.29, 0.717) is 26.1 Å². The van der Waals surface area contributed by atoms with Crippen molar-refractivity contribution in [1.29, 1.82) is 0 Å². The molecule has 0 bridgehead atoms. The van der Waals surface area contributed by atoms with Gasteiger partial charge < -0.3 is 15.3 Å². The first-order valence-electron chi connectivity index (χ1n) is 7.16. The second-order valence-electron chi connectivity index (χ2n) is 5.03. The molecule has 1 aromatic carbocycles. The van der Waals surface area contributed by atoms with Gasteiger partial charge in [0, 0.05) is 26.1 Å². The van der Waals surface area contributed by atoms with E-state index >= 15 is 0 Å². The summed E-state index contributed by atoms with van der Waals surface area (Å²) < 4.78 is 0. The third-order valence-electron chi connectivity index (χ3n) is 3.43. The van der Waals surface area contributed by atoms with Gasteiger partial charge in [0.05, 0.1) is 0 Å². The molecule has 0 unspecified atom stereocenters. The maximum Gasteiger partial charge on any atom is 0.317 e. The van der Waals surface area contributed by atoms with Crippen LogP contribution in [0.5, 0.6) is 0 Å². The zero-order valence-electron chi connectivity index (χ0n) is 11.9. The number of carbonyl (C=O) groups is 2. The topological polar surface area (TPSA) is 69.6 Å². The van der Waals surface area contributed by atoms with Gasteiger partial charge in [0.1, 0.15) is 0 Å². The van der Waals surface area contributed by atoms with Crippen LogP contribution >= 0.6 is 0 Å². The molecule has 0 radical (unpaired) electrons. The Morgan fingerprint density at radius 2 is 2.00 bits per heavy atom. The molecule has 1 heterocycles. The van der Waals surface area contributed by atoms with Crippen molar-refractivity contribution in [1.82, 2.24) is 10.2 Å². The Bertz CT molecular complexity index is 526. The van der Waals surface area contributed by atoms with Crippen molar-refractivity contribution in [3.8, 4) is 0 Å². The number of carboxylic acids is 1. The van der Waals surface area contributed by atoms with Gasteiger partial charge in [0.25, 0.3) is 0 Å². The van der Waals surface area contributed by atoms with E-state index in [1.165, 1.54) is 0 Å². The van der Waals surface area contributed by atoms with Gasteiger partial charge in [-0.1, -0.05) is 36.4 Å². The van der Waals surface area contributed by atoms with Crippen LogP contribution in [-0.4, -0.2) is 41.6 Å². The molecule has 0 atom stereocenters. The molecule has 0 spiro atoms. The fourth-order valence-electron chi connectivity index (χ4n) is 2.33. The van der Waals surface area contributed by atoms with Gasteiger partial charge in [0.15, 0.2) is 0 Å². The van der Waals surface area contributed by atoms with Gasteiger partial charge in [0.2, 0.25) is 0 Å². The molecule has 21 heavy (non-hydrogen) atoms. The maximum atomic E-state index is 12.1. The summed E-state index contributed by atoms with van der Waals surface area (Å²) in [6.07, 6.45) is 3.54. The molecule has 1 aromatic rings. The number of nitrogens with one attached hydrogen (secondary N) is 1. The molecular formula is C16H20N2O3. The molecule has 0 aliphatic carbocycles. The normalized spacial score (nSPS) is 14.5. The zero-order valence-corrected chi connectivity index (χ0v) is 11.9. The largest absolute Gasteiger partial charge is 0.481 e. The molecule has 2 rings (SSSR count). The number of nitrogens with zero attached hydrogens (tertiary/aromatic N) is 1. The lowest BCUT2D eigenvalue weighted by Crippen LogP contribution is -2.43. The number of carboxylic acid groups (broad SMARTS) is 1. The van der Waals surface area contributed by atoms with Crippen molar-refractivity contribution in [3.63, 3.8) is 0 Å². The summed E-state index contributed by atoms with van der Waals surface area (Å²) in [5.74, 6) is -0.837. The van der Waals surface area contributed by atoms with E-state index in [-0.39, 0.29) is 12.5 Å². The number of aliphatic carboxylic acids is 1. The Morgan fingerprint density at radius 1 is 1.24 bits per heavy atom. The molecule has 0 aromatic heterocycles. The molecular weight excluding hydrogens is 268 g/mol. The van der Waals surface area contributed by atoms with E-state index in [1.54, 1.807) is 4.90 Å². The Labute approximate surface area is 124 Å². The first-order valence-corrected chi connectivity index (χ1v) is 7.16. The minimum Gasteiger partial charge on any atom is -0.481 e. The Morgan fingerprint density at radius 3 is 2.71 bits per heavy atom. The molecule has 0 saturated carbocycles.